The number of aliphatic hydroxyl groups is 1. The Balaban J connectivity index is 1.39. The topological polar surface area (TPSA) is 89.3 Å². The van der Waals surface area contributed by atoms with Gasteiger partial charge in [-0.05, 0) is 47.0 Å². The Labute approximate surface area is 189 Å². The van der Waals surface area contributed by atoms with Crippen molar-refractivity contribution in [3.63, 3.8) is 0 Å². The van der Waals surface area contributed by atoms with Gasteiger partial charge in [0.25, 0.3) is 5.91 Å². The summed E-state index contributed by atoms with van der Waals surface area (Å²) in [6.07, 6.45) is 4.44. The Morgan fingerprint density at radius 2 is 2.12 bits per heavy atom. The van der Waals surface area contributed by atoms with Gasteiger partial charge in [0.1, 0.15) is 5.69 Å². The summed E-state index contributed by atoms with van der Waals surface area (Å²) in [5.41, 5.74) is 5.61. The number of amides is 1. The zero-order valence-corrected chi connectivity index (χ0v) is 18.5. The smallest absolute Gasteiger partial charge is 0.270 e. The molecule has 4 heterocycles. The average Bonchev–Trinajstić information content (AvgIpc) is 3.45. The monoisotopic (exact) mass is 448 g/mol. The minimum atomic E-state index is -0.699. The van der Waals surface area contributed by atoms with Gasteiger partial charge in [-0.3, -0.25) is 9.48 Å². The highest BCUT2D eigenvalue weighted by atomic mass is 32.1. The third-order valence-electron chi connectivity index (χ3n) is 5.75. The van der Waals surface area contributed by atoms with E-state index in [4.69, 9.17) is 4.74 Å². The number of benzene rings is 1. The SMILES string of the molecule is Cn1cc(-c2ccc(Cc3cc(C(=O)N[C@H]4CCOC[C@@H]4O)nc4ccsc34)cc2)cn1. The van der Waals surface area contributed by atoms with Gasteiger partial charge in [-0.25, -0.2) is 4.98 Å². The minimum absolute atomic E-state index is 0.238. The van der Waals surface area contributed by atoms with E-state index in [0.29, 0.717) is 25.1 Å². The molecule has 1 aromatic carbocycles. The third kappa shape index (κ3) is 4.29. The van der Waals surface area contributed by atoms with Crippen LogP contribution in [0.15, 0.2) is 54.2 Å². The molecule has 1 aliphatic heterocycles. The van der Waals surface area contributed by atoms with Gasteiger partial charge in [-0.15, -0.1) is 11.3 Å². The fraction of sp³-hybridized carbons (Fsp3) is 0.292. The van der Waals surface area contributed by atoms with Crippen LogP contribution in [0.5, 0.6) is 0 Å². The van der Waals surface area contributed by atoms with E-state index in [2.05, 4.69) is 39.7 Å². The molecule has 1 fully saturated rings. The summed E-state index contributed by atoms with van der Waals surface area (Å²) in [7, 11) is 1.91. The largest absolute Gasteiger partial charge is 0.389 e. The summed E-state index contributed by atoms with van der Waals surface area (Å²) in [6, 6.07) is 11.9. The molecule has 2 atom stereocenters. The quantitative estimate of drug-likeness (QED) is 0.490. The first-order chi connectivity index (χ1) is 15.6. The van der Waals surface area contributed by atoms with Crippen LogP contribution < -0.4 is 5.32 Å². The van der Waals surface area contributed by atoms with E-state index in [1.807, 2.05) is 37.0 Å². The van der Waals surface area contributed by atoms with Gasteiger partial charge in [0.2, 0.25) is 0 Å². The van der Waals surface area contributed by atoms with Crippen LogP contribution in [0.4, 0.5) is 0 Å². The second-order valence-corrected chi connectivity index (χ2v) is 9.00. The molecule has 1 amide bonds. The molecule has 8 heteroatoms. The molecule has 0 aliphatic carbocycles. The van der Waals surface area contributed by atoms with Crippen molar-refractivity contribution < 1.29 is 14.6 Å². The number of fused-ring (bicyclic) bond motifs is 1. The van der Waals surface area contributed by atoms with E-state index in [1.165, 1.54) is 0 Å². The average molecular weight is 449 g/mol. The molecule has 0 spiro atoms. The predicted molar refractivity (Wildman–Crippen MR) is 124 cm³/mol. The maximum Gasteiger partial charge on any atom is 0.270 e. The number of pyridine rings is 1. The molecule has 1 saturated heterocycles. The lowest BCUT2D eigenvalue weighted by molar-refractivity contribution is -0.0261. The van der Waals surface area contributed by atoms with E-state index in [9.17, 15) is 9.90 Å². The number of nitrogens with zero attached hydrogens (tertiary/aromatic N) is 3. The van der Waals surface area contributed by atoms with Gasteiger partial charge in [-0.1, -0.05) is 24.3 Å². The first-order valence-corrected chi connectivity index (χ1v) is 11.5. The number of nitrogens with one attached hydrogen (secondary N) is 1. The zero-order valence-electron chi connectivity index (χ0n) is 17.7. The normalized spacial score (nSPS) is 18.7. The van der Waals surface area contributed by atoms with Crippen LogP contribution in [-0.2, 0) is 18.2 Å². The highest BCUT2D eigenvalue weighted by Gasteiger charge is 2.26. The molecule has 1 aliphatic rings. The second-order valence-electron chi connectivity index (χ2n) is 8.09. The first kappa shape index (κ1) is 20.8. The Hall–Kier alpha value is -3.07. The number of hydrogen-bond donors (Lipinski definition) is 2. The fourth-order valence-corrected chi connectivity index (χ4v) is 4.86. The Bertz CT molecular complexity index is 1250. The molecule has 0 saturated carbocycles. The van der Waals surface area contributed by atoms with Gasteiger partial charge in [0.05, 0.1) is 35.2 Å². The van der Waals surface area contributed by atoms with Crippen molar-refractivity contribution in [2.24, 2.45) is 7.05 Å². The van der Waals surface area contributed by atoms with Crippen molar-refractivity contribution in [3.05, 3.63) is 71.0 Å². The van der Waals surface area contributed by atoms with Crippen molar-refractivity contribution in [3.8, 4) is 11.1 Å². The van der Waals surface area contributed by atoms with Gasteiger partial charge in [-0.2, -0.15) is 5.10 Å². The van der Waals surface area contributed by atoms with Crippen LogP contribution in [0.2, 0.25) is 0 Å². The molecule has 2 N–H and O–H groups in total. The van der Waals surface area contributed by atoms with Crippen molar-refractivity contribution in [2.75, 3.05) is 13.2 Å². The van der Waals surface area contributed by atoms with E-state index in [1.54, 1.807) is 16.0 Å². The number of thiophene rings is 1. The van der Waals surface area contributed by atoms with E-state index >= 15 is 0 Å². The second kappa shape index (κ2) is 8.82. The molecule has 0 unspecified atom stereocenters. The predicted octanol–water partition coefficient (Wildman–Crippen LogP) is 3.17. The Morgan fingerprint density at radius 1 is 1.28 bits per heavy atom. The van der Waals surface area contributed by atoms with Crippen LogP contribution in [0.25, 0.3) is 21.3 Å². The Morgan fingerprint density at radius 3 is 2.88 bits per heavy atom. The zero-order chi connectivity index (χ0) is 22.1. The summed E-state index contributed by atoms with van der Waals surface area (Å²) in [5.74, 6) is -0.266. The Kier molecular flexibility index (Phi) is 5.73. The van der Waals surface area contributed by atoms with Crippen LogP contribution >= 0.6 is 11.3 Å². The number of aliphatic hydroxyl groups excluding tert-OH is 1. The molecule has 7 nitrogen and oxygen atoms in total. The van der Waals surface area contributed by atoms with Gasteiger partial charge < -0.3 is 15.2 Å². The fourth-order valence-electron chi connectivity index (χ4n) is 4.01. The van der Waals surface area contributed by atoms with E-state index < -0.39 is 6.10 Å². The van der Waals surface area contributed by atoms with Crippen molar-refractivity contribution in [1.82, 2.24) is 20.1 Å². The minimum Gasteiger partial charge on any atom is -0.389 e. The molecule has 3 aromatic heterocycles. The van der Waals surface area contributed by atoms with E-state index in [0.717, 1.165) is 32.5 Å². The van der Waals surface area contributed by atoms with Crippen LogP contribution in [0.3, 0.4) is 0 Å². The maximum absolute atomic E-state index is 12.9. The highest BCUT2D eigenvalue weighted by Crippen LogP contribution is 2.27. The van der Waals surface area contributed by atoms with Gasteiger partial charge in [0.15, 0.2) is 0 Å². The van der Waals surface area contributed by atoms with Gasteiger partial charge in [0, 0.05) is 25.4 Å². The lowest BCUT2D eigenvalue weighted by atomic mass is 10.0. The number of rotatable bonds is 5. The summed E-state index contributed by atoms with van der Waals surface area (Å²) in [5, 5.41) is 19.3. The molecule has 0 radical (unpaired) electrons. The number of carbonyl (C=O) groups excluding carboxylic acids is 1. The molecule has 32 heavy (non-hydrogen) atoms. The van der Waals surface area contributed by atoms with Gasteiger partial charge >= 0.3 is 0 Å². The maximum atomic E-state index is 12.9. The van der Waals surface area contributed by atoms with Crippen LogP contribution in [-0.4, -0.2) is 51.1 Å². The third-order valence-corrected chi connectivity index (χ3v) is 6.73. The number of ether oxygens (including phenoxy) is 1. The van der Waals surface area contributed by atoms with Crippen LogP contribution in [0.1, 0.15) is 28.0 Å². The standard InChI is InChI=1S/C24H24N4O3S/c1-28-13-18(12-25-28)16-4-2-15(3-5-16)10-17-11-21(26-20-7-9-32-23(17)20)24(30)27-19-6-8-31-14-22(19)29/h2-5,7,9,11-13,19,22,29H,6,8,10,14H2,1H3,(H,27,30)/t19-,22-/m0/s1. The van der Waals surface area contributed by atoms with E-state index in [-0.39, 0.29) is 18.6 Å². The molecular formula is C24H24N4O3S. The number of aryl methyl sites for hydroxylation is 1. The summed E-state index contributed by atoms with van der Waals surface area (Å²) >= 11 is 1.63. The summed E-state index contributed by atoms with van der Waals surface area (Å²) < 4.78 is 8.13. The van der Waals surface area contributed by atoms with Crippen LogP contribution in [0, 0.1) is 0 Å². The molecule has 4 aromatic rings. The molecule has 5 rings (SSSR count). The summed E-state index contributed by atoms with van der Waals surface area (Å²) in [6.45, 7) is 0.765. The molecular weight excluding hydrogens is 424 g/mol. The highest BCUT2D eigenvalue weighted by molar-refractivity contribution is 7.17. The lowest BCUT2D eigenvalue weighted by Gasteiger charge is -2.28. The molecule has 164 valence electrons. The van der Waals surface area contributed by atoms with Crippen molar-refractivity contribution >= 4 is 27.5 Å². The summed E-state index contributed by atoms with van der Waals surface area (Å²) in [4.78, 5) is 17.5. The first-order valence-electron chi connectivity index (χ1n) is 10.6. The van der Waals surface area contributed by atoms with Crippen molar-refractivity contribution in [1.29, 1.82) is 0 Å². The number of hydrogen-bond acceptors (Lipinski definition) is 6. The molecule has 0 bridgehead atoms. The lowest BCUT2D eigenvalue weighted by Crippen LogP contribution is -2.48. The number of carbonyl (C=O) groups is 1. The number of aromatic nitrogens is 3. The van der Waals surface area contributed by atoms with Crippen molar-refractivity contribution in [2.45, 2.75) is 25.0 Å².